The Kier molecular flexibility index (Phi) is 5.84. The minimum Gasteiger partial charge on any atom is -0.478 e. The third-order valence-electron chi connectivity index (χ3n) is 4.69. The lowest BCUT2D eigenvalue weighted by Gasteiger charge is -2.05. The van der Waals surface area contributed by atoms with E-state index >= 15 is 0 Å². The van der Waals surface area contributed by atoms with Crippen LogP contribution in [0, 0.1) is 6.92 Å². The van der Waals surface area contributed by atoms with Crippen LogP contribution in [-0.2, 0) is 11.2 Å². The Morgan fingerprint density at radius 2 is 2.08 bits per heavy atom. The summed E-state index contributed by atoms with van der Waals surface area (Å²) in [6.07, 6.45) is 11.7. The van der Waals surface area contributed by atoms with E-state index in [1.54, 1.807) is 12.3 Å². The SMILES string of the molecule is Cc1c(-c2cccnc2)[nH]c2cccc(CCCCCC=CC(=O)O)c12. The summed E-state index contributed by atoms with van der Waals surface area (Å²) in [5.74, 6) is -0.871. The summed E-state index contributed by atoms with van der Waals surface area (Å²) in [4.78, 5) is 18.2. The first-order valence-corrected chi connectivity index (χ1v) is 9.07. The first-order chi connectivity index (χ1) is 12.7. The molecule has 134 valence electrons. The van der Waals surface area contributed by atoms with Crippen molar-refractivity contribution in [1.82, 2.24) is 9.97 Å². The second-order valence-corrected chi connectivity index (χ2v) is 6.55. The number of aromatic nitrogens is 2. The van der Waals surface area contributed by atoms with Crippen LogP contribution in [0.5, 0.6) is 0 Å². The molecule has 0 saturated heterocycles. The van der Waals surface area contributed by atoms with Crippen molar-refractivity contribution in [2.75, 3.05) is 0 Å². The van der Waals surface area contributed by atoms with Crippen molar-refractivity contribution in [1.29, 1.82) is 0 Å². The number of allylic oxidation sites excluding steroid dienone is 1. The number of pyridine rings is 1. The Balaban J connectivity index is 1.69. The smallest absolute Gasteiger partial charge is 0.327 e. The van der Waals surface area contributed by atoms with Crippen molar-refractivity contribution in [3.63, 3.8) is 0 Å². The fourth-order valence-electron chi connectivity index (χ4n) is 3.45. The predicted molar refractivity (Wildman–Crippen MR) is 105 cm³/mol. The van der Waals surface area contributed by atoms with Gasteiger partial charge < -0.3 is 10.1 Å². The molecule has 0 atom stereocenters. The molecule has 0 aliphatic heterocycles. The van der Waals surface area contributed by atoms with Gasteiger partial charge in [-0.05, 0) is 61.9 Å². The molecule has 4 nitrogen and oxygen atoms in total. The molecule has 26 heavy (non-hydrogen) atoms. The number of rotatable bonds is 8. The second-order valence-electron chi connectivity index (χ2n) is 6.55. The number of carboxylic acid groups (broad SMARTS) is 1. The first kappa shape index (κ1) is 17.9. The van der Waals surface area contributed by atoms with Gasteiger partial charge in [-0.2, -0.15) is 0 Å². The quantitative estimate of drug-likeness (QED) is 0.430. The highest BCUT2D eigenvalue weighted by molar-refractivity contribution is 5.92. The van der Waals surface area contributed by atoms with E-state index in [-0.39, 0.29) is 0 Å². The van der Waals surface area contributed by atoms with Crippen molar-refractivity contribution >= 4 is 16.9 Å². The summed E-state index contributed by atoms with van der Waals surface area (Å²) in [7, 11) is 0. The van der Waals surface area contributed by atoms with Crippen LogP contribution in [0.1, 0.15) is 36.8 Å². The Morgan fingerprint density at radius 3 is 2.85 bits per heavy atom. The van der Waals surface area contributed by atoms with Gasteiger partial charge in [0, 0.05) is 34.9 Å². The Hall–Kier alpha value is -2.88. The maximum atomic E-state index is 10.4. The molecule has 2 N–H and O–H groups in total. The number of aliphatic carboxylic acids is 1. The lowest BCUT2D eigenvalue weighted by Crippen LogP contribution is -1.89. The topological polar surface area (TPSA) is 66.0 Å². The first-order valence-electron chi connectivity index (χ1n) is 9.07. The van der Waals surface area contributed by atoms with Gasteiger partial charge in [-0.1, -0.05) is 24.6 Å². The zero-order valence-corrected chi connectivity index (χ0v) is 15.0. The number of benzene rings is 1. The van der Waals surface area contributed by atoms with E-state index in [9.17, 15) is 4.79 Å². The summed E-state index contributed by atoms with van der Waals surface area (Å²) in [5, 5.41) is 9.90. The molecule has 0 fully saturated rings. The van der Waals surface area contributed by atoms with Crippen LogP contribution in [-0.4, -0.2) is 21.0 Å². The molecule has 0 unspecified atom stereocenters. The molecule has 0 spiro atoms. The predicted octanol–water partition coefficient (Wildman–Crippen LogP) is 5.28. The lowest BCUT2D eigenvalue weighted by atomic mass is 9.99. The fourth-order valence-corrected chi connectivity index (χ4v) is 3.45. The number of carbonyl (C=O) groups is 1. The molecule has 1 aromatic carbocycles. The molecular weight excluding hydrogens is 324 g/mol. The van der Waals surface area contributed by atoms with Gasteiger partial charge in [0.1, 0.15) is 0 Å². The number of hydrogen-bond donors (Lipinski definition) is 2. The monoisotopic (exact) mass is 348 g/mol. The highest BCUT2D eigenvalue weighted by Gasteiger charge is 2.12. The number of aryl methyl sites for hydroxylation is 2. The summed E-state index contributed by atoms with van der Waals surface area (Å²) in [6, 6.07) is 10.5. The summed E-state index contributed by atoms with van der Waals surface area (Å²) < 4.78 is 0. The standard InChI is InChI=1S/C22H24N2O2/c1-16-21-17(9-5-3-2-4-6-13-20(25)26)10-7-12-19(21)24-22(16)18-11-8-14-23-15-18/h6-8,10-15,24H,2-5,9H2,1H3,(H,25,26). The van der Waals surface area contributed by atoms with Crippen molar-refractivity contribution in [3.8, 4) is 11.3 Å². The van der Waals surface area contributed by atoms with Crippen LogP contribution in [0.3, 0.4) is 0 Å². The number of unbranched alkanes of at least 4 members (excludes halogenated alkanes) is 3. The normalized spacial score (nSPS) is 11.4. The van der Waals surface area contributed by atoms with E-state index in [0.717, 1.165) is 43.4 Å². The van der Waals surface area contributed by atoms with Crippen LogP contribution < -0.4 is 0 Å². The van der Waals surface area contributed by atoms with Gasteiger partial charge in [0.05, 0.1) is 5.69 Å². The van der Waals surface area contributed by atoms with Crippen LogP contribution in [0.25, 0.3) is 22.2 Å². The van der Waals surface area contributed by atoms with Crippen LogP contribution >= 0.6 is 0 Å². The highest BCUT2D eigenvalue weighted by atomic mass is 16.4. The van der Waals surface area contributed by atoms with Gasteiger partial charge in [-0.25, -0.2) is 4.79 Å². The van der Waals surface area contributed by atoms with E-state index in [2.05, 4.69) is 41.2 Å². The molecule has 4 heteroatoms. The fraction of sp³-hybridized carbons (Fsp3) is 0.273. The molecular formula is C22H24N2O2. The van der Waals surface area contributed by atoms with Crippen LogP contribution in [0.4, 0.5) is 0 Å². The van der Waals surface area contributed by atoms with E-state index < -0.39 is 5.97 Å². The van der Waals surface area contributed by atoms with Crippen LogP contribution in [0.15, 0.2) is 54.9 Å². The van der Waals surface area contributed by atoms with E-state index in [4.69, 9.17) is 5.11 Å². The van der Waals surface area contributed by atoms with Crippen molar-refractivity contribution in [3.05, 3.63) is 66.0 Å². The molecule has 0 bridgehead atoms. The summed E-state index contributed by atoms with van der Waals surface area (Å²) in [5.41, 5.74) is 6.06. The van der Waals surface area contributed by atoms with Gasteiger partial charge in [0.15, 0.2) is 0 Å². The maximum absolute atomic E-state index is 10.4. The number of aromatic amines is 1. The number of hydrogen-bond acceptors (Lipinski definition) is 2. The molecule has 0 aliphatic rings. The Morgan fingerprint density at radius 1 is 1.19 bits per heavy atom. The second kappa shape index (κ2) is 8.48. The van der Waals surface area contributed by atoms with E-state index in [0.29, 0.717) is 0 Å². The van der Waals surface area contributed by atoms with E-state index in [1.165, 1.54) is 28.1 Å². The lowest BCUT2D eigenvalue weighted by molar-refractivity contribution is -0.131. The number of fused-ring (bicyclic) bond motifs is 1. The summed E-state index contributed by atoms with van der Waals surface area (Å²) >= 11 is 0. The zero-order valence-electron chi connectivity index (χ0n) is 15.0. The summed E-state index contributed by atoms with van der Waals surface area (Å²) in [6.45, 7) is 2.17. The van der Waals surface area contributed by atoms with Gasteiger partial charge >= 0.3 is 5.97 Å². The van der Waals surface area contributed by atoms with Gasteiger partial charge in [-0.3, -0.25) is 4.98 Å². The molecule has 0 aliphatic carbocycles. The van der Waals surface area contributed by atoms with Crippen molar-refractivity contribution in [2.45, 2.75) is 39.0 Å². The minimum atomic E-state index is -0.871. The van der Waals surface area contributed by atoms with Crippen LogP contribution in [0.2, 0.25) is 0 Å². The van der Waals surface area contributed by atoms with E-state index in [1.807, 2.05) is 12.3 Å². The van der Waals surface area contributed by atoms with Crippen molar-refractivity contribution < 1.29 is 9.90 Å². The highest BCUT2D eigenvalue weighted by Crippen LogP contribution is 2.32. The van der Waals surface area contributed by atoms with Gasteiger partial charge in [-0.15, -0.1) is 0 Å². The molecule has 2 heterocycles. The maximum Gasteiger partial charge on any atom is 0.327 e. The molecule has 2 aromatic heterocycles. The number of nitrogens with zero attached hydrogens (tertiary/aromatic N) is 1. The number of nitrogens with one attached hydrogen (secondary N) is 1. The molecule has 3 aromatic rings. The van der Waals surface area contributed by atoms with Gasteiger partial charge in [0.2, 0.25) is 0 Å². The average molecular weight is 348 g/mol. The Labute approximate surface area is 153 Å². The van der Waals surface area contributed by atoms with Crippen molar-refractivity contribution in [2.24, 2.45) is 0 Å². The van der Waals surface area contributed by atoms with Gasteiger partial charge in [0.25, 0.3) is 0 Å². The largest absolute Gasteiger partial charge is 0.478 e. The number of H-pyrrole nitrogens is 1. The average Bonchev–Trinajstić information content (AvgIpc) is 2.99. The molecule has 3 rings (SSSR count). The molecule has 0 saturated carbocycles. The third-order valence-corrected chi connectivity index (χ3v) is 4.69. The molecule has 0 amide bonds. The molecule has 0 radical (unpaired) electrons. The number of carboxylic acids is 1. The third kappa shape index (κ3) is 4.20. The minimum absolute atomic E-state index is 0.824. The zero-order chi connectivity index (χ0) is 18.4. The Bertz CT molecular complexity index is 911.